The van der Waals surface area contributed by atoms with Crippen LogP contribution in [0.3, 0.4) is 0 Å². The SMILES string of the molecule is Cc1ncn(-c2cc(Oc3ccc(NC(=O)Nc4ccc(F)cc4)cc3)ncn2)c1C. The zero-order valence-electron chi connectivity index (χ0n) is 16.8. The molecule has 0 aliphatic rings. The molecular formula is C22H19FN6O2. The molecule has 2 heterocycles. The van der Waals surface area contributed by atoms with E-state index in [4.69, 9.17) is 4.74 Å². The van der Waals surface area contributed by atoms with Crippen molar-refractivity contribution < 1.29 is 13.9 Å². The van der Waals surface area contributed by atoms with Crippen LogP contribution in [-0.2, 0) is 0 Å². The molecule has 2 aromatic carbocycles. The quantitative estimate of drug-likeness (QED) is 0.483. The molecule has 0 spiro atoms. The minimum Gasteiger partial charge on any atom is -0.439 e. The molecule has 156 valence electrons. The van der Waals surface area contributed by atoms with Crippen LogP contribution in [0.2, 0.25) is 0 Å². The average Bonchev–Trinajstić information content (AvgIpc) is 3.10. The van der Waals surface area contributed by atoms with E-state index in [9.17, 15) is 9.18 Å². The minimum absolute atomic E-state index is 0.368. The van der Waals surface area contributed by atoms with Crippen molar-refractivity contribution in [2.24, 2.45) is 0 Å². The maximum absolute atomic E-state index is 12.9. The van der Waals surface area contributed by atoms with Gasteiger partial charge in [-0.1, -0.05) is 0 Å². The summed E-state index contributed by atoms with van der Waals surface area (Å²) in [7, 11) is 0. The number of halogens is 1. The van der Waals surface area contributed by atoms with Crippen molar-refractivity contribution >= 4 is 17.4 Å². The Balaban J connectivity index is 1.39. The van der Waals surface area contributed by atoms with E-state index in [2.05, 4.69) is 25.6 Å². The molecule has 9 heteroatoms. The van der Waals surface area contributed by atoms with Gasteiger partial charge in [0.05, 0.1) is 5.69 Å². The second-order valence-corrected chi connectivity index (χ2v) is 6.71. The lowest BCUT2D eigenvalue weighted by atomic mass is 10.3. The molecule has 0 radical (unpaired) electrons. The summed E-state index contributed by atoms with van der Waals surface area (Å²) in [5.74, 6) is 1.21. The standard InChI is InChI=1S/C22H19FN6O2/c1-14-15(2)29(13-26-14)20-11-21(25-12-24-20)31-19-9-7-18(8-10-19)28-22(30)27-17-5-3-16(23)4-6-17/h3-13H,1-2H3,(H2,27,28,30). The van der Waals surface area contributed by atoms with Gasteiger partial charge in [-0.05, 0) is 62.4 Å². The van der Waals surface area contributed by atoms with Gasteiger partial charge in [-0.25, -0.2) is 24.1 Å². The molecule has 0 atom stereocenters. The lowest BCUT2D eigenvalue weighted by Crippen LogP contribution is -2.19. The molecule has 0 saturated heterocycles. The average molecular weight is 418 g/mol. The van der Waals surface area contributed by atoms with Crippen molar-refractivity contribution in [1.29, 1.82) is 0 Å². The predicted molar refractivity (Wildman–Crippen MR) is 114 cm³/mol. The van der Waals surface area contributed by atoms with Gasteiger partial charge in [0.1, 0.15) is 30.0 Å². The lowest BCUT2D eigenvalue weighted by molar-refractivity contribution is 0.262. The van der Waals surface area contributed by atoms with Crippen molar-refractivity contribution in [3.63, 3.8) is 0 Å². The van der Waals surface area contributed by atoms with Crippen LogP contribution in [0.15, 0.2) is 67.3 Å². The Morgan fingerprint density at radius 3 is 2.19 bits per heavy atom. The van der Waals surface area contributed by atoms with Gasteiger partial charge in [-0.3, -0.25) is 4.57 Å². The monoisotopic (exact) mass is 418 g/mol. The highest BCUT2D eigenvalue weighted by Crippen LogP contribution is 2.23. The van der Waals surface area contributed by atoms with E-state index >= 15 is 0 Å². The Morgan fingerprint density at radius 1 is 0.935 bits per heavy atom. The molecule has 2 aromatic heterocycles. The Kier molecular flexibility index (Phi) is 5.57. The van der Waals surface area contributed by atoms with Gasteiger partial charge in [0.2, 0.25) is 5.88 Å². The fourth-order valence-corrected chi connectivity index (χ4v) is 2.80. The van der Waals surface area contributed by atoms with Crippen molar-refractivity contribution in [2.75, 3.05) is 10.6 Å². The van der Waals surface area contributed by atoms with E-state index in [-0.39, 0.29) is 5.82 Å². The fourth-order valence-electron chi connectivity index (χ4n) is 2.80. The first-order valence-electron chi connectivity index (χ1n) is 9.42. The molecule has 0 fully saturated rings. The minimum atomic E-state index is -0.438. The van der Waals surface area contributed by atoms with Crippen molar-refractivity contribution in [2.45, 2.75) is 13.8 Å². The first kappa shape index (κ1) is 20.0. The summed E-state index contributed by atoms with van der Waals surface area (Å²) in [6, 6.07) is 13.6. The smallest absolute Gasteiger partial charge is 0.323 e. The Hall–Kier alpha value is -4.27. The molecule has 0 bridgehead atoms. The molecule has 0 saturated carbocycles. The molecular weight excluding hydrogens is 399 g/mol. The summed E-state index contributed by atoms with van der Waals surface area (Å²) in [4.78, 5) is 24.8. The normalized spacial score (nSPS) is 10.5. The van der Waals surface area contributed by atoms with Crippen LogP contribution in [-0.4, -0.2) is 25.6 Å². The topological polar surface area (TPSA) is 94.0 Å². The zero-order valence-corrected chi connectivity index (χ0v) is 16.8. The third kappa shape index (κ3) is 4.84. The number of nitrogens with one attached hydrogen (secondary N) is 2. The number of anilines is 2. The molecule has 8 nitrogen and oxygen atoms in total. The number of aromatic nitrogens is 4. The lowest BCUT2D eigenvalue weighted by Gasteiger charge is -2.10. The van der Waals surface area contributed by atoms with Crippen molar-refractivity contribution in [3.8, 4) is 17.4 Å². The number of ether oxygens (including phenoxy) is 1. The highest BCUT2D eigenvalue weighted by molar-refractivity contribution is 5.99. The summed E-state index contributed by atoms with van der Waals surface area (Å²) in [6.07, 6.45) is 3.13. The molecule has 2 amide bonds. The number of rotatable bonds is 5. The van der Waals surface area contributed by atoms with Crippen LogP contribution >= 0.6 is 0 Å². The molecule has 4 aromatic rings. The first-order valence-corrected chi connectivity index (χ1v) is 9.42. The molecule has 31 heavy (non-hydrogen) atoms. The summed E-state index contributed by atoms with van der Waals surface area (Å²) in [5, 5.41) is 5.33. The van der Waals surface area contributed by atoms with Crippen LogP contribution in [0.1, 0.15) is 11.4 Å². The number of hydrogen-bond donors (Lipinski definition) is 2. The number of carbonyl (C=O) groups is 1. The first-order chi connectivity index (χ1) is 15.0. The van der Waals surface area contributed by atoms with Crippen LogP contribution in [0.4, 0.5) is 20.6 Å². The number of benzene rings is 2. The third-order valence-electron chi connectivity index (χ3n) is 4.56. The van der Waals surface area contributed by atoms with Crippen molar-refractivity contribution in [3.05, 3.63) is 84.5 Å². The largest absolute Gasteiger partial charge is 0.439 e. The van der Waals surface area contributed by atoms with Crippen LogP contribution in [0.25, 0.3) is 5.82 Å². The highest BCUT2D eigenvalue weighted by Gasteiger charge is 2.09. The van der Waals surface area contributed by atoms with E-state index in [1.807, 2.05) is 18.4 Å². The Labute approximate surface area is 177 Å². The number of nitrogens with zero attached hydrogens (tertiary/aromatic N) is 4. The summed E-state index contributed by atoms with van der Waals surface area (Å²) < 4.78 is 20.6. The number of hydrogen-bond acceptors (Lipinski definition) is 5. The number of amides is 2. The second kappa shape index (κ2) is 8.62. The van der Waals surface area contributed by atoms with Gasteiger partial charge >= 0.3 is 6.03 Å². The molecule has 0 unspecified atom stereocenters. The van der Waals surface area contributed by atoms with Gasteiger partial charge in [0.25, 0.3) is 0 Å². The zero-order chi connectivity index (χ0) is 21.8. The predicted octanol–water partition coefficient (Wildman–Crippen LogP) is 4.85. The molecule has 4 rings (SSSR count). The van der Waals surface area contributed by atoms with Crippen molar-refractivity contribution in [1.82, 2.24) is 19.5 Å². The number of carbonyl (C=O) groups excluding carboxylic acids is 1. The number of imidazole rings is 1. The van der Waals surface area contributed by atoms with Crippen LogP contribution in [0.5, 0.6) is 11.6 Å². The van der Waals surface area contributed by atoms with E-state index < -0.39 is 6.03 Å². The molecule has 2 N–H and O–H groups in total. The van der Waals surface area contributed by atoms with Gasteiger partial charge < -0.3 is 15.4 Å². The number of aryl methyl sites for hydroxylation is 1. The van der Waals surface area contributed by atoms with Crippen LogP contribution < -0.4 is 15.4 Å². The summed E-state index contributed by atoms with van der Waals surface area (Å²) in [6.45, 7) is 3.89. The fraction of sp³-hybridized carbons (Fsp3) is 0.0909. The summed E-state index contributed by atoms with van der Waals surface area (Å²) >= 11 is 0. The molecule has 0 aliphatic heterocycles. The van der Waals surface area contributed by atoms with Gasteiger partial charge in [0.15, 0.2) is 0 Å². The van der Waals surface area contributed by atoms with Gasteiger partial charge in [-0.15, -0.1) is 0 Å². The van der Waals surface area contributed by atoms with E-state index in [1.54, 1.807) is 36.7 Å². The summed E-state index contributed by atoms with van der Waals surface area (Å²) in [5.41, 5.74) is 2.97. The van der Waals surface area contributed by atoms with E-state index in [0.717, 1.165) is 11.4 Å². The Morgan fingerprint density at radius 2 is 1.58 bits per heavy atom. The molecule has 0 aliphatic carbocycles. The number of urea groups is 1. The third-order valence-corrected chi connectivity index (χ3v) is 4.56. The van der Waals surface area contributed by atoms with E-state index in [0.29, 0.717) is 28.8 Å². The Bertz CT molecular complexity index is 1210. The van der Waals surface area contributed by atoms with Crippen LogP contribution in [0, 0.1) is 19.7 Å². The highest BCUT2D eigenvalue weighted by atomic mass is 19.1. The maximum Gasteiger partial charge on any atom is 0.323 e. The second-order valence-electron chi connectivity index (χ2n) is 6.71. The van der Waals surface area contributed by atoms with E-state index in [1.165, 1.54) is 30.6 Å². The van der Waals surface area contributed by atoms with Gasteiger partial charge in [-0.2, -0.15) is 0 Å². The van der Waals surface area contributed by atoms with Gasteiger partial charge in [0, 0.05) is 23.1 Å². The maximum atomic E-state index is 12.9.